The van der Waals surface area contributed by atoms with Gasteiger partial charge in [0.2, 0.25) is 0 Å². The van der Waals surface area contributed by atoms with Gasteiger partial charge >= 0.3 is 12.0 Å². The number of amides is 2. The van der Waals surface area contributed by atoms with Gasteiger partial charge in [-0.1, -0.05) is 27.2 Å². The molecule has 20 heavy (non-hydrogen) atoms. The number of urea groups is 1. The van der Waals surface area contributed by atoms with Crippen LogP contribution in [0.4, 0.5) is 4.79 Å². The molecule has 0 aromatic rings. The minimum Gasteiger partial charge on any atom is -0.481 e. The molecule has 1 unspecified atom stereocenters. The van der Waals surface area contributed by atoms with Gasteiger partial charge in [-0.2, -0.15) is 0 Å². The molecule has 1 rings (SSSR count). The number of nitrogens with zero attached hydrogens (tertiary/aromatic N) is 1. The molecule has 1 saturated carbocycles. The highest BCUT2D eigenvalue weighted by molar-refractivity contribution is 5.74. The first-order valence-electron chi connectivity index (χ1n) is 7.30. The summed E-state index contributed by atoms with van der Waals surface area (Å²) in [6.07, 6.45) is 2.97. The van der Waals surface area contributed by atoms with Gasteiger partial charge in [-0.25, -0.2) is 4.79 Å². The zero-order valence-electron chi connectivity index (χ0n) is 13.3. The summed E-state index contributed by atoms with van der Waals surface area (Å²) in [5.74, 6) is -0.782. The molecule has 0 spiro atoms. The Hall–Kier alpha value is -1.26. The summed E-state index contributed by atoms with van der Waals surface area (Å²) < 4.78 is 0. The minimum atomic E-state index is -0.782. The average molecular weight is 284 g/mol. The van der Waals surface area contributed by atoms with Crippen molar-refractivity contribution in [1.82, 2.24) is 10.2 Å². The molecule has 0 saturated heterocycles. The zero-order valence-corrected chi connectivity index (χ0v) is 13.3. The zero-order chi connectivity index (χ0) is 15.6. The van der Waals surface area contributed by atoms with Crippen molar-refractivity contribution in [3.05, 3.63) is 0 Å². The molecular formula is C15H28N2O3. The third kappa shape index (κ3) is 4.12. The fourth-order valence-corrected chi connectivity index (χ4v) is 2.56. The fourth-order valence-electron chi connectivity index (χ4n) is 2.56. The first-order chi connectivity index (χ1) is 9.07. The molecule has 5 heteroatoms. The Bertz CT molecular complexity index is 370. The molecule has 2 amide bonds. The van der Waals surface area contributed by atoms with E-state index >= 15 is 0 Å². The Morgan fingerprint density at radius 1 is 1.35 bits per heavy atom. The molecule has 5 nitrogen and oxygen atoms in total. The molecule has 0 heterocycles. The maximum atomic E-state index is 12.2. The van der Waals surface area contributed by atoms with Crippen LogP contribution in [0.2, 0.25) is 0 Å². The molecule has 0 aromatic carbocycles. The van der Waals surface area contributed by atoms with Crippen molar-refractivity contribution in [2.75, 3.05) is 13.6 Å². The lowest BCUT2D eigenvalue weighted by atomic mass is 9.66. The van der Waals surface area contributed by atoms with Crippen LogP contribution in [0.15, 0.2) is 0 Å². The molecule has 0 radical (unpaired) electrons. The van der Waals surface area contributed by atoms with Gasteiger partial charge < -0.3 is 15.3 Å². The van der Waals surface area contributed by atoms with Gasteiger partial charge in [0.25, 0.3) is 0 Å². The lowest BCUT2D eigenvalue weighted by Crippen LogP contribution is -2.51. The van der Waals surface area contributed by atoms with Gasteiger partial charge in [0.1, 0.15) is 0 Å². The van der Waals surface area contributed by atoms with Gasteiger partial charge in [-0.3, -0.25) is 4.79 Å². The highest BCUT2D eigenvalue weighted by Gasteiger charge is 2.39. The van der Waals surface area contributed by atoms with E-state index in [1.807, 2.05) is 6.92 Å². The molecule has 116 valence electrons. The number of nitrogens with one attached hydrogen (secondary N) is 1. The number of hydrogen-bond donors (Lipinski definition) is 2. The Balaban J connectivity index is 2.52. The predicted octanol–water partition coefficient (Wildman–Crippen LogP) is 2.71. The largest absolute Gasteiger partial charge is 0.481 e. The van der Waals surface area contributed by atoms with Crippen LogP contribution in [0.25, 0.3) is 0 Å². The summed E-state index contributed by atoms with van der Waals surface area (Å²) in [6.45, 7) is 8.77. The van der Waals surface area contributed by atoms with Crippen molar-refractivity contribution in [2.24, 2.45) is 10.8 Å². The Kier molecular flexibility index (Phi) is 5.05. The maximum Gasteiger partial charge on any atom is 0.317 e. The van der Waals surface area contributed by atoms with Gasteiger partial charge in [0.15, 0.2) is 0 Å². The normalized spacial score (nSPS) is 18.9. The Morgan fingerprint density at radius 2 is 1.90 bits per heavy atom. The van der Waals surface area contributed by atoms with Crippen molar-refractivity contribution < 1.29 is 14.7 Å². The van der Waals surface area contributed by atoms with E-state index in [-0.39, 0.29) is 29.3 Å². The summed E-state index contributed by atoms with van der Waals surface area (Å²) in [5, 5.41) is 11.9. The van der Waals surface area contributed by atoms with E-state index < -0.39 is 5.97 Å². The second-order valence-electron chi connectivity index (χ2n) is 7.24. The monoisotopic (exact) mass is 284 g/mol. The van der Waals surface area contributed by atoms with E-state index in [1.165, 1.54) is 0 Å². The maximum absolute atomic E-state index is 12.2. The van der Waals surface area contributed by atoms with E-state index in [1.54, 1.807) is 11.9 Å². The van der Waals surface area contributed by atoms with E-state index in [0.29, 0.717) is 6.54 Å². The van der Waals surface area contributed by atoms with Gasteiger partial charge in [0, 0.05) is 19.6 Å². The SMILES string of the molecule is CC(N(C)C(=O)NCC1(CC(=O)O)CCC1)C(C)(C)C. The van der Waals surface area contributed by atoms with Crippen LogP contribution < -0.4 is 5.32 Å². The lowest BCUT2D eigenvalue weighted by molar-refractivity contribution is -0.141. The fraction of sp³-hybridized carbons (Fsp3) is 0.867. The number of carbonyl (C=O) groups is 2. The topological polar surface area (TPSA) is 69.6 Å². The van der Waals surface area contributed by atoms with Crippen molar-refractivity contribution >= 4 is 12.0 Å². The van der Waals surface area contributed by atoms with E-state index in [4.69, 9.17) is 5.11 Å². The quantitative estimate of drug-likeness (QED) is 0.815. The average Bonchev–Trinajstić information content (AvgIpc) is 2.28. The van der Waals surface area contributed by atoms with Crippen LogP contribution in [0.3, 0.4) is 0 Å². The summed E-state index contributed by atoms with van der Waals surface area (Å²) in [7, 11) is 1.79. The van der Waals surface area contributed by atoms with Crippen LogP contribution in [0, 0.1) is 10.8 Å². The number of aliphatic carboxylic acids is 1. The molecule has 2 N–H and O–H groups in total. The molecule has 1 aliphatic rings. The number of carbonyl (C=O) groups excluding carboxylic acids is 1. The molecule has 1 aliphatic carbocycles. The predicted molar refractivity (Wildman–Crippen MR) is 78.6 cm³/mol. The van der Waals surface area contributed by atoms with Crippen LogP contribution in [0.1, 0.15) is 53.4 Å². The molecule has 1 atom stereocenters. The number of carboxylic acid groups (broad SMARTS) is 1. The second kappa shape index (κ2) is 6.02. The Labute approximate surface area is 121 Å². The lowest BCUT2D eigenvalue weighted by Gasteiger charge is -2.42. The number of carboxylic acids is 1. The number of rotatable bonds is 5. The van der Waals surface area contributed by atoms with Crippen LogP contribution in [0.5, 0.6) is 0 Å². The van der Waals surface area contributed by atoms with Crippen molar-refractivity contribution in [1.29, 1.82) is 0 Å². The summed E-state index contributed by atoms with van der Waals surface area (Å²) in [4.78, 5) is 24.8. The van der Waals surface area contributed by atoms with Crippen LogP contribution >= 0.6 is 0 Å². The molecule has 0 aromatic heterocycles. The highest BCUT2D eigenvalue weighted by Crippen LogP contribution is 2.43. The first kappa shape index (κ1) is 16.8. The second-order valence-corrected chi connectivity index (χ2v) is 7.24. The van der Waals surface area contributed by atoms with Crippen LogP contribution in [-0.2, 0) is 4.79 Å². The molecule has 0 bridgehead atoms. The van der Waals surface area contributed by atoms with Crippen LogP contribution in [-0.4, -0.2) is 41.6 Å². The van der Waals surface area contributed by atoms with E-state index in [0.717, 1.165) is 19.3 Å². The van der Waals surface area contributed by atoms with E-state index in [2.05, 4.69) is 26.1 Å². The summed E-state index contributed by atoms with van der Waals surface area (Å²) >= 11 is 0. The summed E-state index contributed by atoms with van der Waals surface area (Å²) in [6, 6.07) is -0.0107. The van der Waals surface area contributed by atoms with Crippen molar-refractivity contribution in [3.8, 4) is 0 Å². The van der Waals surface area contributed by atoms with Crippen molar-refractivity contribution in [3.63, 3.8) is 0 Å². The van der Waals surface area contributed by atoms with Gasteiger partial charge in [-0.05, 0) is 30.6 Å². The number of hydrogen-bond acceptors (Lipinski definition) is 2. The molecule has 1 fully saturated rings. The third-order valence-electron chi connectivity index (χ3n) is 4.71. The first-order valence-corrected chi connectivity index (χ1v) is 7.30. The van der Waals surface area contributed by atoms with Gasteiger partial charge in [0.05, 0.1) is 6.42 Å². The summed E-state index contributed by atoms with van der Waals surface area (Å²) in [5.41, 5.74) is -0.214. The smallest absolute Gasteiger partial charge is 0.317 e. The molecule has 0 aliphatic heterocycles. The minimum absolute atomic E-state index is 0.0152. The molecular weight excluding hydrogens is 256 g/mol. The Morgan fingerprint density at radius 3 is 2.25 bits per heavy atom. The van der Waals surface area contributed by atoms with Gasteiger partial charge in [-0.15, -0.1) is 0 Å². The standard InChI is InChI=1S/C15H28N2O3/c1-11(14(2,3)4)17(5)13(20)16-10-15(7-6-8-15)9-12(18)19/h11H,6-10H2,1-5H3,(H,16,20)(H,18,19). The third-order valence-corrected chi connectivity index (χ3v) is 4.71. The van der Waals surface area contributed by atoms with E-state index in [9.17, 15) is 9.59 Å². The highest BCUT2D eigenvalue weighted by atomic mass is 16.4. The van der Waals surface area contributed by atoms with Crippen molar-refractivity contribution in [2.45, 2.75) is 59.4 Å².